The molecule has 0 spiro atoms. The fraction of sp³-hybridized carbons (Fsp3) is 0.571. The highest BCUT2D eigenvalue weighted by atomic mass is 16.5. The molecule has 3 aliphatic heterocycles. The zero-order valence-corrected chi connectivity index (χ0v) is 20.4. The van der Waals surface area contributed by atoms with Crippen molar-refractivity contribution < 1.29 is 14.3 Å². The van der Waals surface area contributed by atoms with E-state index in [1.54, 1.807) is 0 Å². The Bertz CT molecular complexity index is 1140. The van der Waals surface area contributed by atoms with Gasteiger partial charge in [0.1, 0.15) is 5.82 Å². The van der Waals surface area contributed by atoms with Gasteiger partial charge in [0.05, 0.1) is 42.8 Å². The number of benzene rings is 1. The van der Waals surface area contributed by atoms with Gasteiger partial charge in [-0.1, -0.05) is 6.07 Å². The quantitative estimate of drug-likeness (QED) is 0.704. The molecular formula is C28H34N4O3. The lowest BCUT2D eigenvalue weighted by Gasteiger charge is -2.32. The van der Waals surface area contributed by atoms with E-state index in [0.717, 1.165) is 74.6 Å². The van der Waals surface area contributed by atoms with E-state index in [-0.39, 0.29) is 11.8 Å². The molecule has 0 radical (unpaired) electrons. The van der Waals surface area contributed by atoms with Crippen molar-refractivity contribution in [1.82, 2.24) is 4.98 Å². The van der Waals surface area contributed by atoms with Crippen molar-refractivity contribution in [2.24, 2.45) is 17.8 Å². The van der Waals surface area contributed by atoms with Crippen LogP contribution in [0.1, 0.15) is 44.6 Å². The molecule has 0 unspecified atom stereocenters. The lowest BCUT2D eigenvalue weighted by atomic mass is 9.90. The van der Waals surface area contributed by atoms with Crippen LogP contribution in [0.15, 0.2) is 36.5 Å². The number of nitrogens with zero attached hydrogens (tertiary/aromatic N) is 3. The van der Waals surface area contributed by atoms with Gasteiger partial charge in [-0.05, 0) is 75.1 Å². The Kier molecular flexibility index (Phi) is 5.24. The molecule has 1 aromatic carbocycles. The fourth-order valence-corrected chi connectivity index (χ4v) is 7.48. The zero-order chi connectivity index (χ0) is 23.5. The minimum Gasteiger partial charge on any atom is -0.378 e. The number of hydrogen-bond acceptors (Lipinski definition) is 6. The van der Waals surface area contributed by atoms with Crippen LogP contribution in [-0.2, 0) is 20.8 Å². The number of aromatic nitrogens is 1. The summed E-state index contributed by atoms with van der Waals surface area (Å²) in [6.45, 7) is 5.10. The second kappa shape index (κ2) is 8.49. The van der Waals surface area contributed by atoms with Crippen molar-refractivity contribution in [3.63, 3.8) is 0 Å². The van der Waals surface area contributed by atoms with E-state index in [2.05, 4.69) is 46.4 Å². The summed E-state index contributed by atoms with van der Waals surface area (Å²) in [5.41, 5.74) is 4.16. The first-order valence-corrected chi connectivity index (χ1v) is 13.4. The van der Waals surface area contributed by atoms with Gasteiger partial charge in [-0.15, -0.1) is 0 Å². The van der Waals surface area contributed by atoms with E-state index in [4.69, 9.17) is 9.47 Å². The lowest BCUT2D eigenvalue weighted by Crippen LogP contribution is -2.38. The van der Waals surface area contributed by atoms with Gasteiger partial charge in [0, 0.05) is 36.5 Å². The molecule has 2 bridgehead atoms. The molecule has 1 N–H and O–H groups in total. The lowest BCUT2D eigenvalue weighted by molar-refractivity contribution is -0.123. The van der Waals surface area contributed by atoms with Gasteiger partial charge in [0.25, 0.3) is 0 Å². The Morgan fingerprint density at radius 3 is 2.94 bits per heavy atom. The Hall–Kier alpha value is -2.64. The molecule has 1 amide bonds. The number of carbonyl (C=O) groups excluding carboxylic acids is 1. The highest BCUT2D eigenvalue weighted by molar-refractivity contribution is 6.00. The first kappa shape index (κ1) is 21.6. The summed E-state index contributed by atoms with van der Waals surface area (Å²) in [7, 11) is 0. The summed E-state index contributed by atoms with van der Waals surface area (Å²) in [5, 5.41) is 3.53. The monoisotopic (exact) mass is 474 g/mol. The molecule has 1 aromatic heterocycles. The molecule has 2 saturated heterocycles. The molecule has 2 saturated carbocycles. The van der Waals surface area contributed by atoms with E-state index in [0.29, 0.717) is 36.6 Å². The third-order valence-electron chi connectivity index (χ3n) is 9.08. The molecule has 5 aliphatic rings. The van der Waals surface area contributed by atoms with Crippen LogP contribution in [0.2, 0.25) is 0 Å². The summed E-state index contributed by atoms with van der Waals surface area (Å²) in [6, 6.07) is 11.0. The standard InChI is InChI=1S/C28H34N4O3/c1-2-34-26-10-8-21-22(26)6-7-23(21)28(33)32-14-17-4-3-11-29-27(17)30-24-9-5-18(13-25(24)32)31-15-20-12-19(31)16-35-20/h3-5,9,11,13,19-23,26H,2,6-8,10,12,14-16H2,1H3,(H,29,30)/t19-,20-,21-,22-,23+,26+/m0/s1. The number of rotatable bonds is 4. The van der Waals surface area contributed by atoms with Gasteiger partial charge in [-0.3, -0.25) is 4.79 Å². The highest BCUT2D eigenvalue weighted by Crippen LogP contribution is 2.50. The molecule has 7 rings (SSSR count). The second-order valence-corrected chi connectivity index (χ2v) is 10.8. The maximum atomic E-state index is 14.3. The van der Waals surface area contributed by atoms with Crippen molar-refractivity contribution >= 4 is 28.8 Å². The third-order valence-corrected chi connectivity index (χ3v) is 9.08. The normalized spacial score (nSPS) is 32.7. The fourth-order valence-electron chi connectivity index (χ4n) is 7.48. The molecule has 7 nitrogen and oxygen atoms in total. The second-order valence-electron chi connectivity index (χ2n) is 10.8. The van der Waals surface area contributed by atoms with Gasteiger partial charge in [0.2, 0.25) is 5.91 Å². The van der Waals surface area contributed by atoms with Crippen LogP contribution in [0.4, 0.5) is 22.9 Å². The van der Waals surface area contributed by atoms with Gasteiger partial charge in [0.15, 0.2) is 0 Å². The van der Waals surface area contributed by atoms with E-state index >= 15 is 0 Å². The van der Waals surface area contributed by atoms with Crippen molar-refractivity contribution in [2.75, 3.05) is 34.9 Å². The van der Waals surface area contributed by atoms with Crippen LogP contribution < -0.4 is 15.1 Å². The number of nitrogens with one attached hydrogen (secondary N) is 1. The average Bonchev–Trinajstić information content (AvgIpc) is 3.65. The Morgan fingerprint density at radius 2 is 2.11 bits per heavy atom. The predicted molar refractivity (Wildman–Crippen MR) is 135 cm³/mol. The van der Waals surface area contributed by atoms with E-state index in [9.17, 15) is 4.79 Å². The molecule has 6 atom stereocenters. The first-order valence-electron chi connectivity index (χ1n) is 13.4. The summed E-state index contributed by atoms with van der Waals surface area (Å²) in [4.78, 5) is 23.4. The summed E-state index contributed by atoms with van der Waals surface area (Å²) >= 11 is 0. The third kappa shape index (κ3) is 3.54. The molecule has 35 heavy (non-hydrogen) atoms. The van der Waals surface area contributed by atoms with Crippen molar-refractivity contribution in [1.29, 1.82) is 0 Å². The Labute approximate surface area is 206 Å². The van der Waals surface area contributed by atoms with Gasteiger partial charge < -0.3 is 24.6 Å². The molecule has 2 aromatic rings. The van der Waals surface area contributed by atoms with Crippen LogP contribution in [0.3, 0.4) is 0 Å². The minimum absolute atomic E-state index is 0.0661. The maximum Gasteiger partial charge on any atom is 0.230 e. The maximum absolute atomic E-state index is 14.3. The van der Waals surface area contributed by atoms with Crippen molar-refractivity contribution in [3.05, 3.63) is 42.1 Å². The molecule has 7 heteroatoms. The summed E-state index contributed by atoms with van der Waals surface area (Å²) in [6.07, 6.45) is 7.81. The minimum atomic E-state index is 0.0661. The summed E-state index contributed by atoms with van der Waals surface area (Å²) < 4.78 is 11.9. The molecule has 184 valence electrons. The number of morpholine rings is 1. The predicted octanol–water partition coefficient (Wildman–Crippen LogP) is 4.49. The average molecular weight is 475 g/mol. The topological polar surface area (TPSA) is 66.9 Å². The zero-order valence-electron chi connectivity index (χ0n) is 20.4. The van der Waals surface area contributed by atoms with Gasteiger partial charge in [-0.2, -0.15) is 0 Å². The first-order chi connectivity index (χ1) is 17.2. The van der Waals surface area contributed by atoms with Crippen LogP contribution in [0, 0.1) is 17.8 Å². The number of carbonyl (C=O) groups is 1. The number of pyridine rings is 1. The SMILES string of the molecule is CCO[C@@H]1CC[C@H]2[C@@H]1CC[C@H]2C(=O)N1Cc2cccnc2Nc2ccc(N3C[C@@H]4C[C@H]3CO4)cc21. The Morgan fingerprint density at radius 1 is 1.20 bits per heavy atom. The van der Waals surface area contributed by atoms with E-state index in [1.807, 2.05) is 17.2 Å². The molecule has 2 aliphatic carbocycles. The molecule has 4 fully saturated rings. The van der Waals surface area contributed by atoms with Crippen LogP contribution >= 0.6 is 0 Å². The molecular weight excluding hydrogens is 440 g/mol. The van der Waals surface area contributed by atoms with Crippen LogP contribution in [0.25, 0.3) is 0 Å². The van der Waals surface area contributed by atoms with Crippen molar-refractivity contribution in [2.45, 2.75) is 63.8 Å². The van der Waals surface area contributed by atoms with Crippen LogP contribution in [0.5, 0.6) is 0 Å². The largest absolute Gasteiger partial charge is 0.378 e. The Balaban J connectivity index is 1.24. The number of fused-ring (bicyclic) bond motifs is 5. The van der Waals surface area contributed by atoms with E-state index in [1.165, 1.54) is 5.69 Å². The number of anilines is 4. The van der Waals surface area contributed by atoms with E-state index < -0.39 is 0 Å². The van der Waals surface area contributed by atoms with Gasteiger partial charge >= 0.3 is 0 Å². The number of ether oxygens (including phenoxy) is 2. The molecule has 4 heterocycles. The van der Waals surface area contributed by atoms with Crippen molar-refractivity contribution in [3.8, 4) is 0 Å². The number of hydrogen-bond donors (Lipinski definition) is 1. The summed E-state index contributed by atoms with van der Waals surface area (Å²) in [5.74, 6) is 2.12. The number of amides is 1. The van der Waals surface area contributed by atoms with Crippen LogP contribution in [-0.4, -0.2) is 48.9 Å². The highest BCUT2D eigenvalue weighted by Gasteiger charge is 2.49. The van der Waals surface area contributed by atoms with Gasteiger partial charge in [-0.25, -0.2) is 4.98 Å². The smallest absolute Gasteiger partial charge is 0.230 e.